The van der Waals surface area contributed by atoms with Crippen LogP contribution in [-0.2, 0) is 4.79 Å². The van der Waals surface area contributed by atoms with E-state index in [9.17, 15) is 4.79 Å². The van der Waals surface area contributed by atoms with Gasteiger partial charge in [-0.25, -0.2) is 0 Å². The normalized spacial score (nSPS) is 8.58. The highest BCUT2D eigenvalue weighted by Gasteiger charge is 1.86. The van der Waals surface area contributed by atoms with E-state index in [0.29, 0.717) is 18.6 Å². The summed E-state index contributed by atoms with van der Waals surface area (Å²) in [4.78, 5) is 10.2. The highest BCUT2D eigenvalue weighted by Crippen LogP contribution is 2.11. The molecule has 0 spiro atoms. The number of Topliss-reactive ketones (excluding diaryl/α,β-unsaturated/α-hetero) is 1. The molecule has 0 N–H and O–H groups in total. The predicted molar refractivity (Wildman–Crippen MR) is 57.6 cm³/mol. The van der Waals surface area contributed by atoms with E-state index in [0.717, 1.165) is 0 Å². The Labute approximate surface area is 85.9 Å². The van der Waals surface area contributed by atoms with Gasteiger partial charge in [0, 0.05) is 22.7 Å². The van der Waals surface area contributed by atoms with Crippen LogP contribution >= 0.6 is 27.3 Å². The highest BCUT2D eigenvalue weighted by molar-refractivity contribution is 9.10. The van der Waals surface area contributed by atoms with Gasteiger partial charge in [-0.05, 0) is 27.4 Å². The fraction of sp³-hybridized carbons (Fsp3) is 0.444. The lowest BCUT2D eigenvalue weighted by atomic mass is 10.3. The number of thiophene rings is 1. The molecule has 0 saturated heterocycles. The zero-order chi connectivity index (χ0) is 9.40. The summed E-state index contributed by atoms with van der Waals surface area (Å²) in [5.74, 6) is 0.343. The van der Waals surface area contributed by atoms with Gasteiger partial charge in [-0.15, -0.1) is 0 Å². The van der Waals surface area contributed by atoms with Crippen molar-refractivity contribution < 1.29 is 4.79 Å². The van der Waals surface area contributed by atoms with Crippen LogP contribution in [0.25, 0.3) is 0 Å². The summed E-state index contributed by atoms with van der Waals surface area (Å²) in [5, 5.41) is 4.07. The zero-order valence-electron chi connectivity index (χ0n) is 7.34. The molecule has 0 aliphatic rings. The number of hydrogen-bond acceptors (Lipinski definition) is 2. The molecular formula is C9H13BrOS. The lowest BCUT2D eigenvalue weighted by Gasteiger charge is -1.81. The maximum absolute atomic E-state index is 10.2. The van der Waals surface area contributed by atoms with E-state index in [1.165, 1.54) is 4.47 Å². The number of carbonyl (C=O) groups is 1. The lowest BCUT2D eigenvalue weighted by Crippen LogP contribution is -1.88. The molecule has 3 heteroatoms. The Kier molecular flexibility index (Phi) is 7.40. The van der Waals surface area contributed by atoms with Crippen molar-refractivity contribution in [2.24, 2.45) is 0 Å². The number of ketones is 1. The fourth-order valence-corrected chi connectivity index (χ4v) is 1.64. The Morgan fingerprint density at radius 3 is 2.17 bits per heavy atom. The van der Waals surface area contributed by atoms with E-state index in [1.807, 2.05) is 30.7 Å². The van der Waals surface area contributed by atoms with Crippen LogP contribution in [0.3, 0.4) is 0 Å². The minimum atomic E-state index is 0.343. The predicted octanol–water partition coefficient (Wildman–Crippen LogP) is 3.89. The fourth-order valence-electron chi connectivity index (χ4n) is 0.498. The molecule has 0 aliphatic carbocycles. The summed E-state index contributed by atoms with van der Waals surface area (Å²) in [6, 6.07) is 2.02. The van der Waals surface area contributed by atoms with E-state index in [4.69, 9.17) is 0 Å². The van der Waals surface area contributed by atoms with Gasteiger partial charge in [-0.2, -0.15) is 11.3 Å². The van der Waals surface area contributed by atoms with Gasteiger partial charge in [0.1, 0.15) is 5.78 Å². The zero-order valence-corrected chi connectivity index (χ0v) is 9.74. The second-order valence-electron chi connectivity index (χ2n) is 2.19. The van der Waals surface area contributed by atoms with Gasteiger partial charge in [0.2, 0.25) is 0 Å². The van der Waals surface area contributed by atoms with E-state index >= 15 is 0 Å². The highest BCUT2D eigenvalue weighted by atomic mass is 79.9. The SMILES string of the molecule is Brc1ccsc1.CCC(=O)CC. The molecule has 0 bridgehead atoms. The quantitative estimate of drug-likeness (QED) is 0.777. The largest absolute Gasteiger partial charge is 0.300 e. The Morgan fingerprint density at radius 1 is 1.50 bits per heavy atom. The maximum atomic E-state index is 10.2. The summed E-state index contributed by atoms with van der Waals surface area (Å²) < 4.78 is 1.17. The smallest absolute Gasteiger partial charge is 0.132 e. The Hall–Kier alpha value is -0.150. The molecule has 0 radical (unpaired) electrons. The van der Waals surface area contributed by atoms with Gasteiger partial charge in [0.25, 0.3) is 0 Å². The van der Waals surface area contributed by atoms with Gasteiger partial charge in [0.05, 0.1) is 0 Å². The molecule has 68 valence electrons. The molecule has 0 fully saturated rings. The van der Waals surface area contributed by atoms with Crippen molar-refractivity contribution in [3.05, 3.63) is 21.3 Å². The minimum absolute atomic E-state index is 0.343. The first kappa shape index (κ1) is 11.8. The van der Waals surface area contributed by atoms with Crippen molar-refractivity contribution >= 4 is 33.0 Å². The maximum Gasteiger partial charge on any atom is 0.132 e. The second-order valence-corrected chi connectivity index (χ2v) is 3.88. The van der Waals surface area contributed by atoms with Crippen LogP contribution in [0.4, 0.5) is 0 Å². The molecule has 0 saturated carbocycles. The van der Waals surface area contributed by atoms with E-state index < -0.39 is 0 Å². The Bertz CT molecular complexity index is 200. The van der Waals surface area contributed by atoms with Crippen LogP contribution in [0.15, 0.2) is 21.3 Å². The third-order valence-corrected chi connectivity index (χ3v) is 2.75. The monoisotopic (exact) mass is 248 g/mol. The van der Waals surface area contributed by atoms with Gasteiger partial charge >= 0.3 is 0 Å². The Morgan fingerprint density at radius 2 is 2.08 bits per heavy atom. The molecule has 1 nitrogen and oxygen atoms in total. The van der Waals surface area contributed by atoms with E-state index in [1.54, 1.807) is 11.3 Å². The van der Waals surface area contributed by atoms with Crippen molar-refractivity contribution in [3.8, 4) is 0 Å². The van der Waals surface area contributed by atoms with Crippen molar-refractivity contribution in [1.29, 1.82) is 0 Å². The lowest BCUT2D eigenvalue weighted by molar-refractivity contribution is -0.118. The van der Waals surface area contributed by atoms with Crippen molar-refractivity contribution in [2.45, 2.75) is 26.7 Å². The first-order valence-corrected chi connectivity index (χ1v) is 5.63. The summed E-state index contributed by atoms with van der Waals surface area (Å²) in [6.07, 6.45) is 1.38. The summed E-state index contributed by atoms with van der Waals surface area (Å²) >= 11 is 4.98. The van der Waals surface area contributed by atoms with Crippen LogP contribution in [0.2, 0.25) is 0 Å². The molecule has 0 amide bonds. The summed E-state index contributed by atoms with van der Waals surface area (Å²) in [6.45, 7) is 3.76. The number of rotatable bonds is 2. The van der Waals surface area contributed by atoms with Crippen molar-refractivity contribution in [3.63, 3.8) is 0 Å². The molecule has 0 aromatic carbocycles. The average Bonchev–Trinajstić information content (AvgIpc) is 2.55. The van der Waals surface area contributed by atoms with Crippen LogP contribution < -0.4 is 0 Å². The molecule has 1 heterocycles. The minimum Gasteiger partial charge on any atom is -0.300 e. The molecular weight excluding hydrogens is 236 g/mol. The molecule has 0 aliphatic heterocycles. The van der Waals surface area contributed by atoms with Crippen LogP contribution in [0.5, 0.6) is 0 Å². The molecule has 0 atom stereocenters. The second kappa shape index (κ2) is 7.50. The standard InChI is InChI=1S/C5H10O.C4H3BrS/c1-3-5(6)4-2;5-4-1-2-6-3-4/h3-4H2,1-2H3;1-3H. The number of halogens is 1. The van der Waals surface area contributed by atoms with E-state index in [2.05, 4.69) is 15.9 Å². The number of carbonyl (C=O) groups excluding carboxylic acids is 1. The molecule has 0 unspecified atom stereocenters. The first-order chi connectivity index (χ1) is 5.70. The topological polar surface area (TPSA) is 17.1 Å². The third-order valence-electron chi connectivity index (χ3n) is 1.28. The summed E-state index contributed by atoms with van der Waals surface area (Å²) in [5.41, 5.74) is 0. The van der Waals surface area contributed by atoms with Crippen LogP contribution in [-0.4, -0.2) is 5.78 Å². The van der Waals surface area contributed by atoms with Gasteiger partial charge in [-0.1, -0.05) is 13.8 Å². The van der Waals surface area contributed by atoms with E-state index in [-0.39, 0.29) is 0 Å². The van der Waals surface area contributed by atoms with Crippen molar-refractivity contribution in [1.82, 2.24) is 0 Å². The van der Waals surface area contributed by atoms with Gasteiger partial charge < -0.3 is 0 Å². The van der Waals surface area contributed by atoms with Crippen molar-refractivity contribution in [2.75, 3.05) is 0 Å². The molecule has 1 rings (SSSR count). The number of hydrogen-bond donors (Lipinski definition) is 0. The summed E-state index contributed by atoms with van der Waals surface area (Å²) in [7, 11) is 0. The van der Waals surface area contributed by atoms with Crippen LogP contribution in [0.1, 0.15) is 26.7 Å². The molecule has 1 aromatic heterocycles. The third kappa shape index (κ3) is 6.55. The van der Waals surface area contributed by atoms with Gasteiger partial charge in [0.15, 0.2) is 0 Å². The average molecular weight is 249 g/mol. The molecule has 1 aromatic rings. The van der Waals surface area contributed by atoms with Crippen LogP contribution in [0, 0.1) is 0 Å². The first-order valence-electron chi connectivity index (χ1n) is 3.90. The Balaban J connectivity index is 0.000000202. The molecule has 12 heavy (non-hydrogen) atoms. The van der Waals surface area contributed by atoms with Gasteiger partial charge in [-0.3, -0.25) is 4.79 Å².